The fraction of sp³-hybridized carbons (Fsp3) is 0.231. The van der Waals surface area contributed by atoms with Gasteiger partial charge < -0.3 is 24.6 Å². The highest BCUT2D eigenvalue weighted by Gasteiger charge is 2.27. The molecule has 0 saturated heterocycles. The third-order valence-corrected chi connectivity index (χ3v) is 8.02. The van der Waals surface area contributed by atoms with Gasteiger partial charge in [-0.3, -0.25) is 19.2 Å². The first-order valence-electron chi connectivity index (χ1n) is 15.6. The van der Waals surface area contributed by atoms with Crippen molar-refractivity contribution in [3.63, 3.8) is 0 Å². The number of methoxy groups -OCH3 is 2. The Kier molecular flexibility index (Phi) is 12.7. The Balaban J connectivity index is 1.47. The summed E-state index contributed by atoms with van der Waals surface area (Å²) in [4.78, 5) is 56.6. The summed E-state index contributed by atoms with van der Waals surface area (Å²) in [6.45, 7) is 0. The monoisotopic (exact) mass is 647 g/mol. The maximum absolute atomic E-state index is 13.7. The molecule has 0 aliphatic heterocycles. The first-order chi connectivity index (χ1) is 23.2. The average molecular weight is 648 g/mol. The largest absolute Gasteiger partial charge is 0.497 e. The van der Waals surface area contributed by atoms with Crippen molar-refractivity contribution in [1.29, 1.82) is 0 Å². The second kappa shape index (κ2) is 17.3. The maximum atomic E-state index is 13.7. The van der Waals surface area contributed by atoms with Gasteiger partial charge in [-0.05, 0) is 72.2 Å². The first kappa shape index (κ1) is 35.2. The number of carbonyl (C=O) groups excluding carboxylic acids is 4. The Morgan fingerprint density at radius 2 is 1.08 bits per heavy atom. The fourth-order valence-corrected chi connectivity index (χ4v) is 5.27. The zero-order chi connectivity index (χ0) is 34.5. The lowest BCUT2D eigenvalue weighted by atomic mass is 9.92. The number of hydrogen-bond acceptors (Lipinski definition) is 6. The molecular weight excluding hydrogens is 606 g/mol. The van der Waals surface area contributed by atoms with Crippen LogP contribution < -0.4 is 24.6 Å². The van der Waals surface area contributed by atoms with Crippen molar-refractivity contribution in [1.82, 2.24) is 5.32 Å². The van der Waals surface area contributed by atoms with Crippen LogP contribution >= 0.6 is 0 Å². The molecule has 0 unspecified atom stereocenters. The van der Waals surface area contributed by atoms with Crippen molar-refractivity contribution < 1.29 is 28.7 Å². The molecule has 0 aliphatic rings. The van der Waals surface area contributed by atoms with Crippen LogP contribution in [0.15, 0.2) is 121 Å². The summed E-state index contributed by atoms with van der Waals surface area (Å²) in [5.74, 6) is -0.892. The predicted octanol–water partition coefficient (Wildman–Crippen LogP) is 5.43. The number of carbonyl (C=O) groups is 4. The van der Waals surface area contributed by atoms with Crippen LogP contribution in [0.3, 0.4) is 0 Å². The van der Waals surface area contributed by atoms with E-state index in [9.17, 15) is 19.2 Å². The molecule has 9 nitrogen and oxygen atoms in total. The second-order valence-corrected chi connectivity index (χ2v) is 11.3. The highest BCUT2D eigenvalue weighted by Crippen LogP contribution is 2.23. The van der Waals surface area contributed by atoms with Crippen LogP contribution in [0.25, 0.3) is 0 Å². The minimum atomic E-state index is -0.905. The van der Waals surface area contributed by atoms with E-state index in [0.29, 0.717) is 29.3 Å². The van der Waals surface area contributed by atoms with E-state index in [2.05, 4.69) is 5.32 Å². The first-order valence-corrected chi connectivity index (χ1v) is 15.6. The van der Waals surface area contributed by atoms with Gasteiger partial charge in [-0.25, -0.2) is 0 Å². The molecule has 4 aromatic rings. The molecule has 0 radical (unpaired) electrons. The van der Waals surface area contributed by atoms with E-state index in [-0.39, 0.29) is 30.4 Å². The molecule has 248 valence electrons. The van der Waals surface area contributed by atoms with Crippen molar-refractivity contribution in [2.24, 2.45) is 5.92 Å². The van der Waals surface area contributed by atoms with Crippen LogP contribution in [0.2, 0.25) is 0 Å². The van der Waals surface area contributed by atoms with Crippen molar-refractivity contribution >= 4 is 34.9 Å². The van der Waals surface area contributed by atoms with Gasteiger partial charge in [0.25, 0.3) is 0 Å². The number of ether oxygens (including phenoxy) is 2. The Labute approximate surface area is 281 Å². The Morgan fingerprint density at radius 1 is 0.625 bits per heavy atom. The smallest absolute Gasteiger partial charge is 0.249 e. The number of rotatable bonds is 15. The number of nitrogens with zero attached hydrogens (tertiary/aromatic N) is 2. The molecule has 3 amide bonds. The van der Waals surface area contributed by atoms with Crippen LogP contribution in [0.4, 0.5) is 11.4 Å². The van der Waals surface area contributed by atoms with E-state index in [1.54, 1.807) is 76.8 Å². The molecule has 0 aromatic heterocycles. The van der Waals surface area contributed by atoms with E-state index in [1.807, 2.05) is 60.7 Å². The number of nitrogens with one attached hydrogen (secondary N) is 1. The topological polar surface area (TPSA) is 105 Å². The van der Waals surface area contributed by atoms with Crippen molar-refractivity contribution in [2.45, 2.75) is 25.3 Å². The number of benzene rings is 4. The van der Waals surface area contributed by atoms with Gasteiger partial charge in [0.05, 0.1) is 14.2 Å². The lowest BCUT2D eigenvalue weighted by Crippen LogP contribution is -2.48. The molecule has 1 N–H and O–H groups in total. The minimum absolute atomic E-state index is 0.107. The Hall–Kier alpha value is -5.70. The quantitative estimate of drug-likeness (QED) is 0.173. The average Bonchev–Trinajstić information content (AvgIpc) is 3.13. The summed E-state index contributed by atoms with van der Waals surface area (Å²) < 4.78 is 10.4. The van der Waals surface area contributed by atoms with Gasteiger partial charge in [0.2, 0.25) is 17.7 Å². The lowest BCUT2D eigenvalue weighted by molar-refractivity contribution is -0.126. The molecule has 0 bridgehead atoms. The summed E-state index contributed by atoms with van der Waals surface area (Å²) in [5.41, 5.74) is 3.07. The molecule has 0 spiro atoms. The van der Waals surface area contributed by atoms with Crippen LogP contribution in [-0.4, -0.2) is 57.9 Å². The van der Waals surface area contributed by atoms with Crippen LogP contribution in [-0.2, 0) is 32.0 Å². The number of ketones is 1. The van der Waals surface area contributed by atoms with E-state index in [0.717, 1.165) is 17.2 Å². The molecule has 4 aromatic carbocycles. The third-order valence-electron chi connectivity index (χ3n) is 8.02. The van der Waals surface area contributed by atoms with Gasteiger partial charge in [-0.1, -0.05) is 60.7 Å². The van der Waals surface area contributed by atoms with Gasteiger partial charge >= 0.3 is 0 Å². The SMILES string of the molecule is COc1ccc(N(C)C(=O)[C@@H](CC(=O)/C=C/C(=O)N[C@@H](Cc2ccccc2)C(=O)N(C)c2ccc(OC)cc2)Cc2ccccc2)cc1. The van der Waals surface area contributed by atoms with E-state index >= 15 is 0 Å². The lowest BCUT2D eigenvalue weighted by Gasteiger charge is -2.25. The summed E-state index contributed by atoms with van der Waals surface area (Å²) in [6, 6.07) is 32.1. The minimum Gasteiger partial charge on any atom is -0.497 e. The Morgan fingerprint density at radius 3 is 1.56 bits per heavy atom. The molecule has 48 heavy (non-hydrogen) atoms. The molecule has 0 aliphatic carbocycles. The normalized spacial score (nSPS) is 12.1. The fourth-order valence-electron chi connectivity index (χ4n) is 5.27. The molecule has 4 rings (SSSR count). The van der Waals surface area contributed by atoms with E-state index in [4.69, 9.17) is 9.47 Å². The molecule has 9 heteroatoms. The molecule has 0 saturated carbocycles. The number of allylic oxidation sites excluding steroid dienone is 1. The van der Waals surface area contributed by atoms with Gasteiger partial charge in [-0.2, -0.15) is 0 Å². The summed E-state index contributed by atoms with van der Waals surface area (Å²) in [5, 5.41) is 2.78. The molecule has 2 atom stereocenters. The van der Waals surface area contributed by atoms with Crippen LogP contribution in [0.1, 0.15) is 17.5 Å². The van der Waals surface area contributed by atoms with Crippen molar-refractivity contribution in [2.75, 3.05) is 38.1 Å². The van der Waals surface area contributed by atoms with E-state index < -0.39 is 17.9 Å². The van der Waals surface area contributed by atoms with Gasteiger partial charge in [0.15, 0.2) is 5.78 Å². The van der Waals surface area contributed by atoms with Gasteiger partial charge in [0.1, 0.15) is 17.5 Å². The van der Waals surface area contributed by atoms with Crippen molar-refractivity contribution in [3.8, 4) is 11.5 Å². The maximum Gasteiger partial charge on any atom is 0.249 e. The summed E-state index contributed by atoms with van der Waals surface area (Å²) >= 11 is 0. The van der Waals surface area contributed by atoms with E-state index in [1.165, 1.54) is 15.9 Å². The molecule has 0 heterocycles. The molecule has 0 fully saturated rings. The highest BCUT2D eigenvalue weighted by atomic mass is 16.5. The van der Waals surface area contributed by atoms with Gasteiger partial charge in [-0.15, -0.1) is 0 Å². The molecular formula is C39H41N3O6. The second-order valence-electron chi connectivity index (χ2n) is 11.3. The van der Waals surface area contributed by atoms with Crippen LogP contribution in [0.5, 0.6) is 11.5 Å². The van der Waals surface area contributed by atoms with Gasteiger partial charge in [0, 0.05) is 50.3 Å². The zero-order valence-corrected chi connectivity index (χ0v) is 27.7. The Bertz CT molecular complexity index is 1560. The zero-order valence-electron chi connectivity index (χ0n) is 27.7. The van der Waals surface area contributed by atoms with Crippen LogP contribution in [0, 0.1) is 5.92 Å². The number of anilines is 2. The number of amides is 3. The number of likely N-dealkylation sites (N-methyl/N-ethyl adjacent to an activating group) is 1. The standard InChI is InChI=1S/C39H41N3O6/c1-41(31-15-20-34(47-3)21-16-31)38(45)30(25-28-11-7-5-8-12-28)27-33(43)19-24-37(44)40-36(26-29-13-9-6-10-14-29)39(46)42(2)32-17-22-35(48-4)23-18-32/h5-24,30,36H,25-27H2,1-4H3,(H,40,44)/b24-19+/t30-,36+/m1/s1. The highest BCUT2D eigenvalue weighted by molar-refractivity contribution is 6.04. The predicted molar refractivity (Wildman–Crippen MR) is 187 cm³/mol. The van der Waals surface area contributed by atoms with Crippen molar-refractivity contribution in [3.05, 3.63) is 132 Å². The summed E-state index contributed by atoms with van der Waals surface area (Å²) in [6.07, 6.45) is 2.78. The third kappa shape index (κ3) is 9.90. The number of hydrogen-bond donors (Lipinski definition) is 1. The summed E-state index contributed by atoms with van der Waals surface area (Å²) in [7, 11) is 6.45.